The van der Waals surface area contributed by atoms with Crippen molar-refractivity contribution >= 4 is 11.7 Å². The number of esters is 1. The summed E-state index contributed by atoms with van der Waals surface area (Å²) in [6.45, 7) is 0. The van der Waals surface area contributed by atoms with Gasteiger partial charge in [-0.1, -0.05) is 0 Å². The SMILES string of the molecule is COC(=O)c1cc(OC)c(F)cc1[N+](=O)[O-]. The van der Waals surface area contributed by atoms with E-state index in [1.807, 2.05) is 0 Å². The molecule has 16 heavy (non-hydrogen) atoms. The zero-order valence-corrected chi connectivity index (χ0v) is 8.52. The van der Waals surface area contributed by atoms with Gasteiger partial charge >= 0.3 is 5.97 Å². The first-order chi connectivity index (χ1) is 7.51. The number of rotatable bonds is 3. The average Bonchev–Trinajstić information content (AvgIpc) is 2.27. The molecule has 1 rings (SSSR count). The molecule has 0 aromatic heterocycles. The maximum absolute atomic E-state index is 13.2. The van der Waals surface area contributed by atoms with E-state index >= 15 is 0 Å². The Balaban J connectivity index is 3.42. The lowest BCUT2D eigenvalue weighted by Crippen LogP contribution is -2.07. The first-order valence-corrected chi connectivity index (χ1v) is 4.11. The minimum Gasteiger partial charge on any atom is -0.494 e. The van der Waals surface area contributed by atoms with Gasteiger partial charge in [0.1, 0.15) is 5.56 Å². The third-order valence-electron chi connectivity index (χ3n) is 1.87. The summed E-state index contributed by atoms with van der Waals surface area (Å²) >= 11 is 0. The summed E-state index contributed by atoms with van der Waals surface area (Å²) in [6.07, 6.45) is 0. The smallest absolute Gasteiger partial charge is 0.345 e. The molecule has 1 aromatic carbocycles. The molecule has 0 fully saturated rings. The molecule has 0 radical (unpaired) electrons. The number of hydrogen-bond donors (Lipinski definition) is 0. The van der Waals surface area contributed by atoms with E-state index in [-0.39, 0.29) is 11.3 Å². The average molecular weight is 229 g/mol. The van der Waals surface area contributed by atoms with Crippen LogP contribution in [0.5, 0.6) is 5.75 Å². The van der Waals surface area contributed by atoms with E-state index < -0.39 is 22.4 Å². The van der Waals surface area contributed by atoms with E-state index in [2.05, 4.69) is 9.47 Å². The van der Waals surface area contributed by atoms with E-state index in [1.165, 1.54) is 7.11 Å². The Labute approximate surface area is 89.7 Å². The first kappa shape index (κ1) is 11.9. The maximum atomic E-state index is 13.2. The summed E-state index contributed by atoms with van der Waals surface area (Å²) in [6, 6.07) is 1.55. The molecule has 1 aromatic rings. The van der Waals surface area contributed by atoms with Crippen LogP contribution in [0.15, 0.2) is 12.1 Å². The number of carbonyl (C=O) groups is 1. The minimum atomic E-state index is -0.926. The van der Waals surface area contributed by atoms with Gasteiger partial charge in [0.15, 0.2) is 11.6 Å². The molecular weight excluding hydrogens is 221 g/mol. The fourth-order valence-corrected chi connectivity index (χ4v) is 1.12. The van der Waals surface area contributed by atoms with Gasteiger partial charge in [0, 0.05) is 6.07 Å². The molecule has 0 bridgehead atoms. The lowest BCUT2D eigenvalue weighted by atomic mass is 10.1. The predicted octanol–water partition coefficient (Wildman–Crippen LogP) is 1.53. The molecule has 0 aliphatic rings. The number of nitro groups is 1. The summed E-state index contributed by atoms with van der Waals surface area (Å²) in [7, 11) is 2.26. The highest BCUT2D eigenvalue weighted by molar-refractivity contribution is 5.94. The number of benzene rings is 1. The zero-order valence-electron chi connectivity index (χ0n) is 8.52. The van der Waals surface area contributed by atoms with Crippen LogP contribution < -0.4 is 4.74 Å². The molecule has 0 saturated heterocycles. The molecule has 0 heterocycles. The van der Waals surface area contributed by atoms with E-state index in [0.717, 1.165) is 13.2 Å². The van der Waals surface area contributed by atoms with E-state index in [4.69, 9.17) is 0 Å². The molecular formula is C9H8FNO5. The number of methoxy groups -OCH3 is 2. The normalized spacial score (nSPS) is 9.69. The number of nitrogens with zero attached hydrogens (tertiary/aromatic N) is 1. The van der Waals surface area contributed by atoms with Gasteiger partial charge in [0.25, 0.3) is 5.69 Å². The molecule has 7 heteroatoms. The van der Waals surface area contributed by atoms with Crippen LogP contribution in [0.2, 0.25) is 0 Å². The van der Waals surface area contributed by atoms with Crippen molar-refractivity contribution in [1.82, 2.24) is 0 Å². The highest BCUT2D eigenvalue weighted by atomic mass is 19.1. The van der Waals surface area contributed by atoms with E-state index in [1.54, 1.807) is 0 Å². The third-order valence-corrected chi connectivity index (χ3v) is 1.87. The van der Waals surface area contributed by atoms with Crippen molar-refractivity contribution in [2.24, 2.45) is 0 Å². The topological polar surface area (TPSA) is 78.7 Å². The molecule has 0 N–H and O–H groups in total. The van der Waals surface area contributed by atoms with Gasteiger partial charge in [0.05, 0.1) is 25.2 Å². The fourth-order valence-electron chi connectivity index (χ4n) is 1.12. The lowest BCUT2D eigenvalue weighted by molar-refractivity contribution is -0.385. The molecule has 0 aliphatic heterocycles. The van der Waals surface area contributed by atoms with Crippen LogP contribution in [0.4, 0.5) is 10.1 Å². The number of nitro benzene ring substituents is 1. The van der Waals surface area contributed by atoms with Crippen LogP contribution in [0.25, 0.3) is 0 Å². The number of halogens is 1. The number of hydrogen-bond acceptors (Lipinski definition) is 5. The van der Waals surface area contributed by atoms with Gasteiger partial charge in [-0.2, -0.15) is 0 Å². The molecule has 0 aliphatic carbocycles. The summed E-state index contributed by atoms with van der Waals surface area (Å²) < 4.78 is 22.1. The zero-order chi connectivity index (χ0) is 12.3. The second kappa shape index (κ2) is 4.56. The first-order valence-electron chi connectivity index (χ1n) is 4.11. The Morgan fingerprint density at radius 2 is 2.06 bits per heavy atom. The second-order valence-corrected chi connectivity index (χ2v) is 2.75. The minimum absolute atomic E-state index is 0.258. The maximum Gasteiger partial charge on any atom is 0.345 e. The van der Waals surface area contributed by atoms with E-state index in [9.17, 15) is 19.3 Å². The van der Waals surface area contributed by atoms with Crippen molar-refractivity contribution in [2.75, 3.05) is 14.2 Å². The Morgan fingerprint density at radius 1 is 1.44 bits per heavy atom. The highest BCUT2D eigenvalue weighted by Crippen LogP contribution is 2.27. The Bertz CT molecular complexity index is 446. The summed E-state index contributed by atoms with van der Waals surface area (Å²) in [5.41, 5.74) is -1.02. The van der Waals surface area contributed by atoms with Crippen molar-refractivity contribution in [3.8, 4) is 5.75 Å². The van der Waals surface area contributed by atoms with Crippen LogP contribution >= 0.6 is 0 Å². The lowest BCUT2D eigenvalue weighted by Gasteiger charge is -2.05. The molecule has 0 saturated carbocycles. The quantitative estimate of drug-likeness (QED) is 0.446. The Hall–Kier alpha value is -2.18. The van der Waals surface area contributed by atoms with Gasteiger partial charge in [-0.15, -0.1) is 0 Å². The molecule has 86 valence electrons. The number of carbonyl (C=O) groups excluding carboxylic acids is 1. The van der Waals surface area contributed by atoms with Gasteiger partial charge in [-0.05, 0) is 0 Å². The van der Waals surface area contributed by atoms with Gasteiger partial charge in [0.2, 0.25) is 0 Å². The molecule has 0 unspecified atom stereocenters. The van der Waals surface area contributed by atoms with Gasteiger partial charge < -0.3 is 9.47 Å². The summed E-state index contributed by atoms with van der Waals surface area (Å²) in [5.74, 6) is -2.10. The molecule has 6 nitrogen and oxygen atoms in total. The van der Waals surface area contributed by atoms with Crippen LogP contribution in [-0.4, -0.2) is 25.1 Å². The molecule has 0 amide bonds. The Morgan fingerprint density at radius 3 is 2.50 bits per heavy atom. The summed E-state index contributed by atoms with van der Waals surface area (Å²) in [5, 5.41) is 10.6. The van der Waals surface area contributed by atoms with Crippen LogP contribution in [0, 0.1) is 15.9 Å². The molecule has 0 atom stereocenters. The van der Waals surface area contributed by atoms with Crippen LogP contribution in [0.3, 0.4) is 0 Å². The van der Waals surface area contributed by atoms with Crippen LogP contribution in [0.1, 0.15) is 10.4 Å². The van der Waals surface area contributed by atoms with Crippen molar-refractivity contribution < 1.29 is 23.6 Å². The second-order valence-electron chi connectivity index (χ2n) is 2.75. The summed E-state index contributed by atoms with van der Waals surface area (Å²) in [4.78, 5) is 20.9. The largest absolute Gasteiger partial charge is 0.494 e. The fraction of sp³-hybridized carbons (Fsp3) is 0.222. The van der Waals surface area contributed by atoms with Crippen LogP contribution in [-0.2, 0) is 4.74 Å². The standard InChI is InChI=1S/C9H8FNO5/c1-15-8-3-5(9(12)16-2)7(11(13)14)4-6(8)10/h3-4H,1-2H3. The monoisotopic (exact) mass is 229 g/mol. The third kappa shape index (κ3) is 2.08. The van der Waals surface area contributed by atoms with Crippen molar-refractivity contribution in [3.05, 3.63) is 33.6 Å². The number of ether oxygens (including phenoxy) is 2. The Kier molecular flexibility index (Phi) is 3.39. The molecule has 0 spiro atoms. The van der Waals surface area contributed by atoms with Crippen molar-refractivity contribution in [3.63, 3.8) is 0 Å². The van der Waals surface area contributed by atoms with Gasteiger partial charge in [-0.3, -0.25) is 10.1 Å². The van der Waals surface area contributed by atoms with Crippen molar-refractivity contribution in [1.29, 1.82) is 0 Å². The van der Waals surface area contributed by atoms with Crippen molar-refractivity contribution in [2.45, 2.75) is 0 Å². The highest BCUT2D eigenvalue weighted by Gasteiger charge is 2.24. The predicted molar refractivity (Wildman–Crippen MR) is 50.9 cm³/mol. The van der Waals surface area contributed by atoms with E-state index in [0.29, 0.717) is 6.07 Å². The van der Waals surface area contributed by atoms with Gasteiger partial charge in [-0.25, -0.2) is 9.18 Å².